The highest BCUT2D eigenvalue weighted by Gasteiger charge is 2.12. The van der Waals surface area contributed by atoms with E-state index < -0.39 is 0 Å². The van der Waals surface area contributed by atoms with Crippen LogP contribution in [0.4, 0.5) is 11.4 Å². The van der Waals surface area contributed by atoms with Gasteiger partial charge in [0.2, 0.25) is 5.91 Å². The molecule has 0 aliphatic rings. The van der Waals surface area contributed by atoms with Crippen molar-refractivity contribution in [3.8, 4) is 11.1 Å². The molecule has 2 aromatic rings. The van der Waals surface area contributed by atoms with Gasteiger partial charge in [0.1, 0.15) is 0 Å². The summed E-state index contributed by atoms with van der Waals surface area (Å²) in [5.74, 6) is 0.0433. The van der Waals surface area contributed by atoms with Crippen molar-refractivity contribution in [3.05, 3.63) is 48.0 Å². The third-order valence-electron chi connectivity index (χ3n) is 4.11. The van der Waals surface area contributed by atoms with E-state index in [0.29, 0.717) is 6.54 Å². The van der Waals surface area contributed by atoms with E-state index in [1.54, 1.807) is 0 Å². The molecule has 146 valence electrons. The molecule has 0 bridgehead atoms. The minimum absolute atomic E-state index is 0.103. The second-order valence-electron chi connectivity index (χ2n) is 7.44. The molecule has 0 unspecified atom stereocenters. The number of nitrogens with zero attached hydrogens (tertiary/aromatic N) is 1. The second kappa shape index (κ2) is 9.53. The quantitative estimate of drug-likeness (QED) is 0.502. The van der Waals surface area contributed by atoms with Crippen LogP contribution >= 0.6 is 25.3 Å². The second-order valence-corrected chi connectivity index (χ2v) is 8.96. The summed E-state index contributed by atoms with van der Waals surface area (Å²) in [5, 5.41) is 6.35. The highest BCUT2D eigenvalue weighted by Crippen LogP contribution is 2.27. The third kappa shape index (κ3) is 6.79. The van der Waals surface area contributed by atoms with Crippen molar-refractivity contribution in [2.45, 2.75) is 25.1 Å². The first-order valence-corrected chi connectivity index (χ1v) is 10.0. The van der Waals surface area contributed by atoms with E-state index in [4.69, 9.17) is 0 Å². The lowest BCUT2D eigenvalue weighted by molar-refractivity contribution is -0.113. The van der Waals surface area contributed by atoms with Crippen LogP contribution in [0.3, 0.4) is 0 Å². The van der Waals surface area contributed by atoms with Crippen molar-refractivity contribution in [2.24, 2.45) is 0 Å². The Balaban J connectivity index is 2.28. The molecule has 4 nitrogen and oxygen atoms in total. The van der Waals surface area contributed by atoms with E-state index in [1.165, 1.54) is 0 Å². The van der Waals surface area contributed by atoms with Crippen LogP contribution < -0.4 is 15.5 Å². The van der Waals surface area contributed by atoms with Gasteiger partial charge < -0.3 is 15.5 Å². The lowest BCUT2D eigenvalue weighted by Gasteiger charge is -2.19. The molecule has 0 radical (unpaired) electrons. The molecule has 0 saturated carbocycles. The fraction of sp³-hybridized carbons (Fsp3) is 0.381. The summed E-state index contributed by atoms with van der Waals surface area (Å²) < 4.78 is -0.103. The largest absolute Gasteiger partial charge is 0.378 e. The molecule has 0 fully saturated rings. The van der Waals surface area contributed by atoms with Crippen molar-refractivity contribution in [1.29, 1.82) is 0 Å². The first kappa shape index (κ1) is 21.7. The topological polar surface area (TPSA) is 44.4 Å². The summed E-state index contributed by atoms with van der Waals surface area (Å²) in [6.45, 7) is 5.54. The SMILES string of the molecule is CN(C)c1ccc(-c2ccc(NC(=O)CS)c(CNCC(C)(C)S)c2)cc1. The maximum atomic E-state index is 11.8. The van der Waals surface area contributed by atoms with Gasteiger partial charge >= 0.3 is 0 Å². The zero-order chi connectivity index (χ0) is 20.0. The number of rotatable bonds is 8. The molecule has 0 aromatic heterocycles. The molecule has 0 aliphatic heterocycles. The van der Waals surface area contributed by atoms with Crippen molar-refractivity contribution >= 4 is 42.5 Å². The molecular formula is C21H29N3OS2. The minimum atomic E-state index is -0.114. The van der Waals surface area contributed by atoms with E-state index in [9.17, 15) is 4.79 Å². The Bertz CT molecular complexity index is 768. The van der Waals surface area contributed by atoms with Crippen LogP contribution in [0.1, 0.15) is 19.4 Å². The van der Waals surface area contributed by atoms with Gasteiger partial charge in [-0.05, 0) is 54.8 Å². The van der Waals surface area contributed by atoms with E-state index in [2.05, 4.69) is 85.0 Å². The smallest absolute Gasteiger partial charge is 0.234 e. The van der Waals surface area contributed by atoms with Gasteiger partial charge in [-0.15, -0.1) is 0 Å². The van der Waals surface area contributed by atoms with Gasteiger partial charge in [-0.3, -0.25) is 4.79 Å². The van der Waals surface area contributed by atoms with E-state index in [1.807, 2.05) is 26.2 Å². The third-order valence-corrected chi connectivity index (χ3v) is 4.56. The van der Waals surface area contributed by atoms with Gasteiger partial charge in [0.25, 0.3) is 0 Å². The average molecular weight is 404 g/mol. The number of nitrogens with one attached hydrogen (secondary N) is 2. The molecule has 2 rings (SSSR count). The van der Waals surface area contributed by atoms with Crippen LogP contribution in [0.25, 0.3) is 11.1 Å². The van der Waals surface area contributed by atoms with E-state index >= 15 is 0 Å². The molecule has 27 heavy (non-hydrogen) atoms. The monoisotopic (exact) mass is 403 g/mol. The zero-order valence-electron chi connectivity index (χ0n) is 16.4. The molecule has 0 atom stereocenters. The number of hydrogen-bond acceptors (Lipinski definition) is 5. The summed E-state index contributed by atoms with van der Waals surface area (Å²) in [6.07, 6.45) is 0. The van der Waals surface area contributed by atoms with Crippen molar-refractivity contribution in [1.82, 2.24) is 5.32 Å². The average Bonchev–Trinajstić information content (AvgIpc) is 2.62. The molecular weight excluding hydrogens is 374 g/mol. The highest BCUT2D eigenvalue weighted by atomic mass is 32.1. The van der Waals surface area contributed by atoms with Crippen molar-refractivity contribution in [3.63, 3.8) is 0 Å². The Morgan fingerprint density at radius 3 is 2.26 bits per heavy atom. The fourth-order valence-corrected chi connectivity index (χ4v) is 2.88. The van der Waals surface area contributed by atoms with Crippen LogP contribution in [0, 0.1) is 0 Å². The van der Waals surface area contributed by atoms with Crippen molar-refractivity contribution in [2.75, 3.05) is 36.6 Å². The zero-order valence-corrected chi connectivity index (χ0v) is 18.2. The van der Waals surface area contributed by atoms with Crippen LogP contribution in [0.15, 0.2) is 42.5 Å². The Morgan fingerprint density at radius 1 is 1.07 bits per heavy atom. The van der Waals surface area contributed by atoms with Gasteiger partial charge in [-0.1, -0.05) is 18.2 Å². The molecule has 0 aliphatic carbocycles. The van der Waals surface area contributed by atoms with Gasteiger partial charge in [0.05, 0.1) is 5.75 Å². The molecule has 1 amide bonds. The lowest BCUT2D eigenvalue weighted by atomic mass is 10.0. The summed E-state index contributed by atoms with van der Waals surface area (Å²) in [5.41, 5.74) is 5.27. The Morgan fingerprint density at radius 2 is 1.70 bits per heavy atom. The number of thiol groups is 2. The molecule has 6 heteroatoms. The first-order valence-electron chi connectivity index (χ1n) is 8.94. The normalized spacial score (nSPS) is 11.3. The van der Waals surface area contributed by atoms with Crippen molar-refractivity contribution < 1.29 is 4.79 Å². The van der Waals surface area contributed by atoms with Gasteiger partial charge in [-0.25, -0.2) is 0 Å². The molecule has 0 spiro atoms. The summed E-state index contributed by atoms with van der Waals surface area (Å²) >= 11 is 8.61. The predicted molar refractivity (Wildman–Crippen MR) is 123 cm³/mol. The number of carbonyl (C=O) groups is 1. The lowest BCUT2D eigenvalue weighted by Crippen LogP contribution is -2.30. The minimum Gasteiger partial charge on any atom is -0.378 e. The first-order chi connectivity index (χ1) is 12.7. The fourth-order valence-electron chi connectivity index (χ4n) is 2.69. The molecule has 2 N–H and O–H groups in total. The van der Waals surface area contributed by atoms with Gasteiger partial charge in [0, 0.05) is 43.3 Å². The Kier molecular flexibility index (Phi) is 7.65. The number of anilines is 2. The van der Waals surface area contributed by atoms with Gasteiger partial charge in [0.15, 0.2) is 0 Å². The maximum absolute atomic E-state index is 11.8. The van der Waals surface area contributed by atoms with Gasteiger partial charge in [-0.2, -0.15) is 25.3 Å². The molecule has 0 heterocycles. The highest BCUT2D eigenvalue weighted by molar-refractivity contribution is 7.81. The number of amides is 1. The summed E-state index contributed by atoms with van der Waals surface area (Å²) in [7, 11) is 4.06. The molecule has 2 aromatic carbocycles. The number of benzene rings is 2. The van der Waals surface area contributed by atoms with E-state index in [0.717, 1.165) is 34.6 Å². The van der Waals surface area contributed by atoms with Crippen LogP contribution in [-0.2, 0) is 11.3 Å². The predicted octanol–water partition coefficient (Wildman–Crippen LogP) is 4.09. The Hall–Kier alpha value is -1.63. The summed E-state index contributed by atoms with van der Waals surface area (Å²) in [4.78, 5) is 13.9. The number of hydrogen-bond donors (Lipinski definition) is 4. The van der Waals surface area contributed by atoms with Crippen LogP contribution in [0.2, 0.25) is 0 Å². The summed E-state index contributed by atoms with van der Waals surface area (Å²) in [6, 6.07) is 14.6. The van der Waals surface area contributed by atoms with Crippen LogP contribution in [-0.4, -0.2) is 37.0 Å². The van der Waals surface area contributed by atoms with E-state index in [-0.39, 0.29) is 16.4 Å². The molecule has 0 saturated heterocycles. The number of carbonyl (C=O) groups excluding carboxylic acids is 1. The standard InChI is InChI=1S/C21H29N3OS2/c1-21(2,27)14-22-12-17-11-16(7-10-19(17)23-20(25)13-26)15-5-8-18(9-6-15)24(3)4/h5-11,22,26-27H,12-14H2,1-4H3,(H,23,25). The Labute approximate surface area is 173 Å². The maximum Gasteiger partial charge on any atom is 0.234 e. The van der Waals surface area contributed by atoms with Crippen LogP contribution in [0.5, 0.6) is 0 Å².